The molecular formula is C21H30N2O5. The lowest BCUT2D eigenvalue weighted by Crippen LogP contribution is -2.48. The number of carboxylic acids is 1. The minimum Gasteiger partial charge on any atom is -0.481 e. The molecule has 1 saturated heterocycles. The van der Waals surface area contributed by atoms with E-state index in [2.05, 4.69) is 5.32 Å². The second-order valence-corrected chi connectivity index (χ2v) is 8.23. The Morgan fingerprint density at radius 1 is 1.18 bits per heavy atom. The number of piperidine rings is 1. The second kappa shape index (κ2) is 9.57. The summed E-state index contributed by atoms with van der Waals surface area (Å²) in [7, 11) is 0. The first kappa shape index (κ1) is 21.7. The number of carboxylic acid groups (broad SMARTS) is 1. The normalized spacial score (nSPS) is 16.3. The minimum atomic E-state index is -0.960. The summed E-state index contributed by atoms with van der Waals surface area (Å²) in [6.45, 7) is 6.42. The average molecular weight is 390 g/mol. The Morgan fingerprint density at radius 2 is 1.79 bits per heavy atom. The zero-order valence-electron chi connectivity index (χ0n) is 16.8. The molecule has 1 unspecified atom stereocenters. The maximum absolute atomic E-state index is 12.6. The molecule has 1 aliphatic heterocycles. The lowest BCUT2D eigenvalue weighted by molar-refractivity contribution is -0.146. The highest BCUT2D eigenvalue weighted by atomic mass is 16.6. The molecule has 1 aromatic rings. The van der Waals surface area contributed by atoms with E-state index in [0.717, 1.165) is 5.56 Å². The van der Waals surface area contributed by atoms with Gasteiger partial charge in [0.25, 0.3) is 0 Å². The van der Waals surface area contributed by atoms with Crippen molar-refractivity contribution in [1.29, 1.82) is 0 Å². The van der Waals surface area contributed by atoms with Crippen LogP contribution in [0.15, 0.2) is 30.3 Å². The number of rotatable bonds is 6. The van der Waals surface area contributed by atoms with Crippen LogP contribution >= 0.6 is 0 Å². The van der Waals surface area contributed by atoms with E-state index in [1.165, 1.54) is 0 Å². The summed E-state index contributed by atoms with van der Waals surface area (Å²) in [4.78, 5) is 37.7. The minimum absolute atomic E-state index is 0.0195. The van der Waals surface area contributed by atoms with Crippen LogP contribution in [0.4, 0.5) is 4.79 Å². The molecule has 1 fully saturated rings. The SMILES string of the molecule is CC(C)(C)OC(=O)NC1CCN(C(=O)CC(Cc2ccccc2)C(=O)O)CC1. The molecule has 2 N–H and O–H groups in total. The number of nitrogens with zero attached hydrogens (tertiary/aromatic N) is 1. The summed E-state index contributed by atoms with van der Waals surface area (Å²) >= 11 is 0. The molecule has 1 aliphatic rings. The average Bonchev–Trinajstić information content (AvgIpc) is 2.60. The van der Waals surface area contributed by atoms with Crippen LogP contribution in [0.1, 0.15) is 45.6 Å². The first-order valence-corrected chi connectivity index (χ1v) is 9.68. The van der Waals surface area contributed by atoms with E-state index in [4.69, 9.17) is 4.74 Å². The van der Waals surface area contributed by atoms with Gasteiger partial charge < -0.3 is 20.1 Å². The molecule has 7 heteroatoms. The summed E-state index contributed by atoms with van der Waals surface area (Å²) in [6.07, 6.45) is 1.11. The number of ether oxygens (including phenoxy) is 1. The zero-order chi connectivity index (χ0) is 20.7. The highest BCUT2D eigenvalue weighted by molar-refractivity contribution is 5.82. The smallest absolute Gasteiger partial charge is 0.407 e. The van der Waals surface area contributed by atoms with Gasteiger partial charge in [0.05, 0.1) is 5.92 Å². The molecule has 2 amide bonds. The van der Waals surface area contributed by atoms with Gasteiger partial charge in [0.2, 0.25) is 5.91 Å². The first-order chi connectivity index (χ1) is 13.1. The van der Waals surface area contributed by atoms with Gasteiger partial charge in [0.15, 0.2) is 0 Å². The van der Waals surface area contributed by atoms with Crippen LogP contribution < -0.4 is 5.32 Å². The Labute approximate surface area is 166 Å². The quantitative estimate of drug-likeness (QED) is 0.779. The van der Waals surface area contributed by atoms with Gasteiger partial charge in [-0.15, -0.1) is 0 Å². The van der Waals surface area contributed by atoms with E-state index >= 15 is 0 Å². The van der Waals surface area contributed by atoms with Gasteiger partial charge >= 0.3 is 12.1 Å². The van der Waals surface area contributed by atoms with Crippen LogP contribution in [-0.2, 0) is 20.7 Å². The van der Waals surface area contributed by atoms with Crippen molar-refractivity contribution in [2.45, 2.75) is 58.1 Å². The molecule has 1 heterocycles. The van der Waals surface area contributed by atoms with Crippen LogP contribution in [0.5, 0.6) is 0 Å². The molecule has 0 saturated carbocycles. The second-order valence-electron chi connectivity index (χ2n) is 8.23. The summed E-state index contributed by atoms with van der Waals surface area (Å²) < 4.78 is 5.25. The van der Waals surface area contributed by atoms with Crippen molar-refractivity contribution in [3.05, 3.63) is 35.9 Å². The van der Waals surface area contributed by atoms with Gasteiger partial charge in [-0.05, 0) is 45.6 Å². The molecule has 1 atom stereocenters. The lowest BCUT2D eigenvalue weighted by atomic mass is 9.95. The Kier molecular flexibility index (Phi) is 7.43. The number of hydrogen-bond acceptors (Lipinski definition) is 4. The third-order valence-corrected chi connectivity index (χ3v) is 4.66. The molecular weight excluding hydrogens is 360 g/mol. The van der Waals surface area contributed by atoms with Crippen LogP contribution in [0.2, 0.25) is 0 Å². The van der Waals surface area contributed by atoms with E-state index in [-0.39, 0.29) is 18.4 Å². The fourth-order valence-corrected chi connectivity index (χ4v) is 3.23. The summed E-state index contributed by atoms with van der Waals surface area (Å²) in [6, 6.07) is 9.29. The summed E-state index contributed by atoms with van der Waals surface area (Å²) in [5.74, 6) is -1.86. The van der Waals surface area contributed by atoms with Gasteiger partial charge in [-0.25, -0.2) is 4.79 Å². The molecule has 0 aromatic heterocycles. The highest BCUT2D eigenvalue weighted by Crippen LogP contribution is 2.18. The number of hydrogen-bond donors (Lipinski definition) is 2. The van der Waals surface area contributed by atoms with Crippen LogP contribution in [-0.4, -0.2) is 52.7 Å². The summed E-state index contributed by atoms with van der Waals surface area (Å²) in [5, 5.41) is 12.3. The Balaban J connectivity index is 1.81. The third-order valence-electron chi connectivity index (χ3n) is 4.66. The fourth-order valence-electron chi connectivity index (χ4n) is 3.23. The van der Waals surface area contributed by atoms with Gasteiger partial charge in [-0.3, -0.25) is 9.59 Å². The number of aliphatic carboxylic acids is 1. The van der Waals surface area contributed by atoms with Crippen LogP contribution in [0.25, 0.3) is 0 Å². The molecule has 2 rings (SSSR count). The highest BCUT2D eigenvalue weighted by Gasteiger charge is 2.29. The van der Waals surface area contributed by atoms with E-state index in [1.807, 2.05) is 51.1 Å². The van der Waals surface area contributed by atoms with Crippen molar-refractivity contribution in [3.63, 3.8) is 0 Å². The maximum Gasteiger partial charge on any atom is 0.407 e. The largest absolute Gasteiger partial charge is 0.481 e. The Hall–Kier alpha value is -2.57. The molecule has 154 valence electrons. The van der Waals surface area contributed by atoms with Crippen molar-refractivity contribution in [1.82, 2.24) is 10.2 Å². The van der Waals surface area contributed by atoms with E-state index in [1.54, 1.807) is 4.90 Å². The molecule has 28 heavy (non-hydrogen) atoms. The fraction of sp³-hybridized carbons (Fsp3) is 0.571. The van der Waals surface area contributed by atoms with Crippen LogP contribution in [0, 0.1) is 5.92 Å². The van der Waals surface area contributed by atoms with Crippen molar-refractivity contribution >= 4 is 18.0 Å². The number of carbonyl (C=O) groups excluding carboxylic acids is 2. The van der Waals surface area contributed by atoms with Crippen molar-refractivity contribution in [3.8, 4) is 0 Å². The number of carbonyl (C=O) groups is 3. The van der Waals surface area contributed by atoms with Gasteiger partial charge in [0, 0.05) is 25.6 Å². The van der Waals surface area contributed by atoms with Gasteiger partial charge in [-0.2, -0.15) is 0 Å². The maximum atomic E-state index is 12.6. The topological polar surface area (TPSA) is 95.9 Å². The van der Waals surface area contributed by atoms with Crippen molar-refractivity contribution in [2.24, 2.45) is 5.92 Å². The lowest BCUT2D eigenvalue weighted by Gasteiger charge is -2.33. The van der Waals surface area contributed by atoms with E-state index < -0.39 is 23.6 Å². The molecule has 0 spiro atoms. The van der Waals surface area contributed by atoms with Crippen molar-refractivity contribution < 1.29 is 24.2 Å². The van der Waals surface area contributed by atoms with Gasteiger partial charge in [0.1, 0.15) is 5.60 Å². The molecule has 1 aromatic carbocycles. The zero-order valence-corrected chi connectivity index (χ0v) is 16.8. The number of nitrogens with one attached hydrogen (secondary N) is 1. The molecule has 7 nitrogen and oxygen atoms in total. The predicted molar refractivity (Wildman–Crippen MR) is 105 cm³/mol. The number of benzene rings is 1. The van der Waals surface area contributed by atoms with Gasteiger partial charge in [-0.1, -0.05) is 30.3 Å². The van der Waals surface area contributed by atoms with Crippen LogP contribution in [0.3, 0.4) is 0 Å². The van der Waals surface area contributed by atoms with Crippen molar-refractivity contribution in [2.75, 3.05) is 13.1 Å². The Morgan fingerprint density at radius 3 is 2.32 bits per heavy atom. The first-order valence-electron chi connectivity index (χ1n) is 9.68. The number of alkyl carbamates (subject to hydrolysis) is 1. The standard InChI is InChI=1S/C21H30N2O5/c1-21(2,3)28-20(27)22-17-9-11-23(12-10-17)18(24)14-16(19(25)26)13-15-7-5-4-6-8-15/h4-8,16-17H,9-14H2,1-3H3,(H,22,27)(H,25,26). The molecule has 0 aliphatic carbocycles. The van der Waals surface area contributed by atoms with E-state index in [9.17, 15) is 19.5 Å². The van der Waals surface area contributed by atoms with E-state index in [0.29, 0.717) is 32.4 Å². The summed E-state index contributed by atoms with van der Waals surface area (Å²) in [5.41, 5.74) is 0.355. The third kappa shape index (κ3) is 7.21. The predicted octanol–water partition coefficient (Wildman–Crippen LogP) is 2.84. The molecule has 0 radical (unpaired) electrons. The monoisotopic (exact) mass is 390 g/mol. The molecule has 0 bridgehead atoms. The number of likely N-dealkylation sites (tertiary alicyclic amines) is 1. The number of amides is 2. The Bertz CT molecular complexity index is 676.